The lowest BCUT2D eigenvalue weighted by Gasteiger charge is -2.08. The van der Waals surface area contributed by atoms with E-state index in [1.165, 1.54) is 0 Å². The molecule has 130 valence electrons. The molecule has 6 heteroatoms. The summed E-state index contributed by atoms with van der Waals surface area (Å²) in [7, 11) is 0. The Hall–Kier alpha value is -3.12. The van der Waals surface area contributed by atoms with Crippen molar-refractivity contribution in [1.29, 1.82) is 0 Å². The molecule has 0 radical (unpaired) electrons. The van der Waals surface area contributed by atoms with Crippen LogP contribution in [0.5, 0.6) is 5.75 Å². The Kier molecular flexibility index (Phi) is 4.41. The number of hydrogen-bond donors (Lipinski definition) is 1. The Balaban J connectivity index is 1.38. The molecule has 0 aliphatic carbocycles. The van der Waals surface area contributed by atoms with Crippen molar-refractivity contribution in [3.8, 4) is 5.75 Å². The van der Waals surface area contributed by atoms with Crippen molar-refractivity contribution >= 4 is 27.9 Å². The molecule has 4 rings (SSSR count). The zero-order chi connectivity index (χ0) is 17.9. The SMILES string of the molecule is Cc1cn2cc(C(=O)Nc3ccc(OCc4ccccc4)cc3)nc2s1. The first-order valence-corrected chi connectivity index (χ1v) is 9.02. The summed E-state index contributed by atoms with van der Waals surface area (Å²) < 4.78 is 7.62. The predicted octanol–water partition coefficient (Wildman–Crippen LogP) is 4.54. The number of rotatable bonds is 5. The number of anilines is 1. The van der Waals surface area contributed by atoms with Crippen LogP contribution in [0.3, 0.4) is 0 Å². The van der Waals surface area contributed by atoms with Gasteiger partial charge in [-0.25, -0.2) is 4.98 Å². The Morgan fingerprint density at radius 1 is 1.12 bits per heavy atom. The summed E-state index contributed by atoms with van der Waals surface area (Å²) in [6.45, 7) is 2.53. The summed E-state index contributed by atoms with van der Waals surface area (Å²) in [5, 5.41) is 2.86. The minimum Gasteiger partial charge on any atom is -0.489 e. The number of amides is 1. The summed E-state index contributed by atoms with van der Waals surface area (Å²) >= 11 is 1.56. The van der Waals surface area contributed by atoms with Crippen LogP contribution in [0, 0.1) is 6.92 Å². The van der Waals surface area contributed by atoms with Gasteiger partial charge in [-0.3, -0.25) is 9.20 Å². The molecule has 2 aromatic carbocycles. The summed E-state index contributed by atoms with van der Waals surface area (Å²) in [6.07, 6.45) is 3.70. The fraction of sp³-hybridized carbons (Fsp3) is 0.100. The molecule has 0 aliphatic rings. The molecule has 2 aromatic heterocycles. The third kappa shape index (κ3) is 3.60. The number of aromatic nitrogens is 2. The molecule has 0 spiro atoms. The first kappa shape index (κ1) is 16.4. The highest BCUT2D eigenvalue weighted by Crippen LogP contribution is 2.19. The number of nitrogens with zero attached hydrogens (tertiary/aromatic N) is 2. The van der Waals surface area contributed by atoms with Gasteiger partial charge in [-0.15, -0.1) is 11.3 Å². The van der Waals surface area contributed by atoms with Gasteiger partial charge in [0, 0.05) is 23.0 Å². The molecule has 0 atom stereocenters. The molecule has 1 N–H and O–H groups in total. The molecule has 0 bridgehead atoms. The van der Waals surface area contributed by atoms with E-state index >= 15 is 0 Å². The number of nitrogens with one attached hydrogen (secondary N) is 1. The van der Waals surface area contributed by atoms with Gasteiger partial charge >= 0.3 is 0 Å². The van der Waals surface area contributed by atoms with Crippen LogP contribution in [0.1, 0.15) is 20.9 Å². The molecular formula is C20H17N3O2S. The van der Waals surface area contributed by atoms with Gasteiger partial charge < -0.3 is 10.1 Å². The lowest BCUT2D eigenvalue weighted by Crippen LogP contribution is -2.12. The van der Waals surface area contributed by atoms with Crippen LogP contribution < -0.4 is 10.1 Å². The maximum absolute atomic E-state index is 12.3. The first-order chi connectivity index (χ1) is 12.7. The number of benzene rings is 2. The van der Waals surface area contributed by atoms with E-state index in [4.69, 9.17) is 4.74 Å². The number of ether oxygens (including phenoxy) is 1. The predicted molar refractivity (Wildman–Crippen MR) is 103 cm³/mol. The number of imidazole rings is 1. The number of fused-ring (bicyclic) bond motifs is 1. The second-order valence-corrected chi connectivity index (χ2v) is 7.12. The van der Waals surface area contributed by atoms with Crippen LogP contribution in [0.25, 0.3) is 4.96 Å². The van der Waals surface area contributed by atoms with Crippen molar-refractivity contribution < 1.29 is 9.53 Å². The standard InChI is InChI=1S/C20H17N3O2S/c1-14-11-23-12-18(22-20(23)26-14)19(24)21-16-7-9-17(10-8-16)25-13-15-5-3-2-4-6-15/h2-12H,13H2,1H3,(H,21,24). The molecule has 4 aromatic rings. The fourth-order valence-electron chi connectivity index (χ4n) is 2.59. The molecule has 2 heterocycles. The van der Waals surface area contributed by atoms with Crippen molar-refractivity contribution in [1.82, 2.24) is 9.38 Å². The molecule has 1 amide bonds. The molecule has 0 aliphatic heterocycles. The van der Waals surface area contributed by atoms with E-state index in [9.17, 15) is 4.79 Å². The maximum atomic E-state index is 12.3. The van der Waals surface area contributed by atoms with Gasteiger partial charge in [-0.1, -0.05) is 30.3 Å². The summed E-state index contributed by atoms with van der Waals surface area (Å²) in [5.74, 6) is 0.529. The second-order valence-electron chi connectivity index (χ2n) is 5.91. The van der Waals surface area contributed by atoms with Crippen LogP contribution in [-0.4, -0.2) is 15.3 Å². The summed E-state index contributed by atoms with van der Waals surface area (Å²) in [6, 6.07) is 17.3. The second kappa shape index (κ2) is 7.01. The fourth-order valence-corrected chi connectivity index (χ4v) is 3.40. The highest BCUT2D eigenvalue weighted by Gasteiger charge is 2.12. The maximum Gasteiger partial charge on any atom is 0.275 e. The zero-order valence-corrected chi connectivity index (χ0v) is 15.0. The highest BCUT2D eigenvalue weighted by atomic mass is 32.1. The molecule has 26 heavy (non-hydrogen) atoms. The average molecular weight is 363 g/mol. The molecule has 0 unspecified atom stereocenters. The van der Waals surface area contributed by atoms with E-state index in [1.807, 2.05) is 72.1 Å². The Bertz CT molecular complexity index is 1000. The topological polar surface area (TPSA) is 55.6 Å². The number of hydrogen-bond acceptors (Lipinski definition) is 4. The Labute approximate surface area is 154 Å². The average Bonchev–Trinajstić information content (AvgIpc) is 3.19. The van der Waals surface area contributed by atoms with Crippen molar-refractivity contribution in [2.45, 2.75) is 13.5 Å². The van der Waals surface area contributed by atoms with E-state index in [-0.39, 0.29) is 5.91 Å². The van der Waals surface area contributed by atoms with E-state index in [0.29, 0.717) is 18.0 Å². The molecular weight excluding hydrogens is 346 g/mol. The van der Waals surface area contributed by atoms with E-state index in [1.54, 1.807) is 17.5 Å². The van der Waals surface area contributed by atoms with Gasteiger partial charge in [-0.2, -0.15) is 0 Å². The summed E-state index contributed by atoms with van der Waals surface area (Å²) in [4.78, 5) is 18.7. The largest absolute Gasteiger partial charge is 0.489 e. The van der Waals surface area contributed by atoms with Crippen molar-refractivity contribution in [2.75, 3.05) is 5.32 Å². The Morgan fingerprint density at radius 3 is 2.62 bits per heavy atom. The minimum atomic E-state index is -0.225. The van der Waals surface area contributed by atoms with Crippen molar-refractivity contribution in [2.24, 2.45) is 0 Å². The monoisotopic (exact) mass is 363 g/mol. The van der Waals surface area contributed by atoms with Gasteiger partial charge in [-0.05, 0) is 36.8 Å². The van der Waals surface area contributed by atoms with Crippen LogP contribution in [0.4, 0.5) is 5.69 Å². The van der Waals surface area contributed by atoms with E-state index in [0.717, 1.165) is 21.2 Å². The van der Waals surface area contributed by atoms with Gasteiger partial charge in [0.25, 0.3) is 5.91 Å². The van der Waals surface area contributed by atoms with Crippen LogP contribution >= 0.6 is 11.3 Å². The van der Waals surface area contributed by atoms with Crippen molar-refractivity contribution in [3.05, 3.63) is 83.1 Å². The first-order valence-electron chi connectivity index (χ1n) is 8.21. The van der Waals surface area contributed by atoms with Gasteiger partial charge in [0.05, 0.1) is 0 Å². The molecule has 0 saturated heterocycles. The molecule has 0 saturated carbocycles. The quantitative estimate of drug-likeness (QED) is 0.566. The highest BCUT2D eigenvalue weighted by molar-refractivity contribution is 7.17. The number of carbonyl (C=O) groups is 1. The number of carbonyl (C=O) groups excluding carboxylic acids is 1. The van der Waals surface area contributed by atoms with Crippen LogP contribution in [-0.2, 0) is 6.61 Å². The van der Waals surface area contributed by atoms with Gasteiger partial charge in [0.1, 0.15) is 18.1 Å². The van der Waals surface area contributed by atoms with Gasteiger partial charge in [0.2, 0.25) is 0 Å². The molecule has 5 nitrogen and oxygen atoms in total. The normalized spacial score (nSPS) is 10.8. The minimum absolute atomic E-state index is 0.225. The number of aryl methyl sites for hydroxylation is 1. The lowest BCUT2D eigenvalue weighted by molar-refractivity contribution is 0.102. The third-order valence-corrected chi connectivity index (χ3v) is 4.78. The van der Waals surface area contributed by atoms with Crippen LogP contribution in [0.2, 0.25) is 0 Å². The smallest absolute Gasteiger partial charge is 0.275 e. The Morgan fingerprint density at radius 2 is 1.88 bits per heavy atom. The lowest BCUT2D eigenvalue weighted by atomic mass is 10.2. The van der Waals surface area contributed by atoms with Crippen LogP contribution in [0.15, 0.2) is 67.0 Å². The zero-order valence-electron chi connectivity index (χ0n) is 14.2. The van der Waals surface area contributed by atoms with E-state index < -0.39 is 0 Å². The van der Waals surface area contributed by atoms with E-state index in [2.05, 4.69) is 10.3 Å². The third-order valence-electron chi connectivity index (χ3n) is 3.86. The van der Waals surface area contributed by atoms with Crippen molar-refractivity contribution in [3.63, 3.8) is 0 Å². The number of thiazole rings is 1. The molecule has 0 fully saturated rings. The summed E-state index contributed by atoms with van der Waals surface area (Å²) in [5.41, 5.74) is 2.22. The van der Waals surface area contributed by atoms with Gasteiger partial charge in [0.15, 0.2) is 4.96 Å².